The van der Waals surface area contributed by atoms with E-state index in [9.17, 15) is 9.70 Å². The second-order valence-electron chi connectivity index (χ2n) is 4.60. The van der Waals surface area contributed by atoms with E-state index >= 15 is 0 Å². The van der Waals surface area contributed by atoms with Gasteiger partial charge in [0, 0.05) is 19.8 Å². The fourth-order valence-electron chi connectivity index (χ4n) is 1.64. The number of hydrogen-bond acceptors (Lipinski definition) is 5. The van der Waals surface area contributed by atoms with Crippen LogP contribution < -0.4 is 5.32 Å². The molecule has 0 radical (unpaired) electrons. The highest BCUT2D eigenvalue weighted by Crippen LogP contribution is 2.15. The Hall–Kier alpha value is -0.490. The van der Waals surface area contributed by atoms with Crippen molar-refractivity contribution < 1.29 is 4.79 Å². The van der Waals surface area contributed by atoms with E-state index in [0.29, 0.717) is 17.8 Å². The minimum Gasteiger partial charge on any atom is -0.352 e. The number of rotatable bonds is 6. The number of allylic oxidation sites excluding steroid dienone is 1. The van der Waals surface area contributed by atoms with Crippen LogP contribution >= 0.6 is 48.0 Å². The van der Waals surface area contributed by atoms with Crippen LogP contribution in [0.15, 0.2) is 41.0 Å². The summed E-state index contributed by atoms with van der Waals surface area (Å²) in [5.41, 5.74) is 1.22. The van der Waals surface area contributed by atoms with Crippen LogP contribution in [0.4, 0.5) is 0 Å². The molecule has 1 aliphatic rings. The van der Waals surface area contributed by atoms with Gasteiger partial charge in [-0.25, -0.2) is 0 Å². The lowest BCUT2D eigenvalue weighted by molar-refractivity contribution is -0.117. The molecule has 6 nitrogen and oxygen atoms in total. The van der Waals surface area contributed by atoms with E-state index in [1.807, 2.05) is 14.1 Å². The van der Waals surface area contributed by atoms with Crippen molar-refractivity contribution in [1.82, 2.24) is 15.1 Å². The minimum absolute atomic E-state index is 0. The van der Waals surface area contributed by atoms with E-state index in [1.165, 1.54) is 6.20 Å². The predicted octanol–water partition coefficient (Wildman–Crippen LogP) is 2.28. The first-order chi connectivity index (χ1) is 9.04. The molecule has 0 saturated heterocycles. The average Bonchev–Trinajstić information content (AvgIpc) is 2.36. The molecular weight excluding hydrogens is 498 g/mol. The van der Waals surface area contributed by atoms with Crippen LogP contribution in [0, 0.1) is 4.91 Å². The van der Waals surface area contributed by atoms with E-state index in [-0.39, 0.29) is 53.9 Å². The summed E-state index contributed by atoms with van der Waals surface area (Å²) in [4.78, 5) is 25.8. The van der Waals surface area contributed by atoms with E-state index in [2.05, 4.69) is 15.4 Å². The third kappa shape index (κ3) is 8.51. The molecule has 1 heterocycles. The highest BCUT2D eigenvalue weighted by molar-refractivity contribution is 14.0. The van der Waals surface area contributed by atoms with Crippen molar-refractivity contribution in [3.63, 3.8) is 0 Å². The van der Waals surface area contributed by atoms with Gasteiger partial charge in [0.2, 0.25) is 0 Å². The molecule has 0 saturated carbocycles. The molecule has 0 fully saturated rings. The maximum atomic E-state index is 11.9. The van der Waals surface area contributed by atoms with Crippen molar-refractivity contribution in [3.8, 4) is 0 Å². The van der Waals surface area contributed by atoms with E-state index in [0.717, 1.165) is 13.0 Å². The molecule has 0 atom stereocenters. The fourth-order valence-corrected chi connectivity index (χ4v) is 1.64. The number of nitrogens with zero attached hydrogens (tertiary/aromatic N) is 3. The Kier molecular flexibility index (Phi) is 13.1. The van der Waals surface area contributed by atoms with Gasteiger partial charge < -0.3 is 15.1 Å². The Morgan fingerprint density at radius 3 is 2.57 bits per heavy atom. The Morgan fingerprint density at radius 1 is 1.38 bits per heavy atom. The zero-order valence-corrected chi connectivity index (χ0v) is 17.1. The summed E-state index contributed by atoms with van der Waals surface area (Å²) in [7, 11) is 5.76. The van der Waals surface area contributed by atoms with Crippen LogP contribution in [0.2, 0.25) is 0 Å². The molecule has 1 amide bonds. The SMILES string of the molecule is CN(C)CCCNC(=O)C1=CN(C)C(=CN=O)C=C1.I.I. The number of nitrogens with one attached hydrogen (secondary N) is 1. The Labute approximate surface area is 159 Å². The van der Waals surface area contributed by atoms with Crippen molar-refractivity contribution in [2.75, 3.05) is 34.2 Å². The van der Waals surface area contributed by atoms with Gasteiger partial charge in [-0.15, -0.1) is 52.9 Å². The first-order valence-corrected chi connectivity index (χ1v) is 6.13. The summed E-state index contributed by atoms with van der Waals surface area (Å²) in [5.74, 6) is -0.111. The average molecular weight is 520 g/mol. The standard InChI is InChI=1S/C13H20N4O2.2HI/c1-16(2)8-4-7-14-13(18)11-5-6-12(9-15-19)17(3)10-11;;/h5-6,9-10H,4,7-8H2,1-3H3,(H,14,18);2*1H. The highest BCUT2D eigenvalue weighted by atomic mass is 127. The summed E-state index contributed by atoms with van der Waals surface area (Å²) in [6, 6.07) is 0. The van der Waals surface area contributed by atoms with Crippen molar-refractivity contribution in [2.24, 2.45) is 5.18 Å². The van der Waals surface area contributed by atoms with Gasteiger partial charge in [0.1, 0.15) is 0 Å². The molecule has 0 unspecified atom stereocenters. The number of carbonyl (C=O) groups excluding carboxylic acids is 1. The maximum absolute atomic E-state index is 11.9. The Bertz CT molecular complexity index is 434. The first kappa shape index (κ1) is 22.8. The normalized spacial score (nSPS) is 15.1. The monoisotopic (exact) mass is 520 g/mol. The van der Waals surface area contributed by atoms with Gasteiger partial charge in [-0.05, 0) is 44.4 Å². The molecule has 21 heavy (non-hydrogen) atoms. The molecule has 0 spiro atoms. The van der Waals surface area contributed by atoms with Gasteiger partial charge in [0.15, 0.2) is 0 Å². The van der Waals surface area contributed by atoms with Crippen LogP contribution in [0.3, 0.4) is 0 Å². The zero-order valence-electron chi connectivity index (χ0n) is 12.4. The number of carbonyl (C=O) groups is 1. The molecule has 1 rings (SSSR count). The number of amides is 1. The number of hydrogen-bond donors (Lipinski definition) is 1. The summed E-state index contributed by atoms with van der Waals surface area (Å²) in [6.07, 6.45) is 7.16. The largest absolute Gasteiger partial charge is 0.352 e. The van der Waals surface area contributed by atoms with E-state index < -0.39 is 0 Å². The molecule has 1 N–H and O–H groups in total. The van der Waals surface area contributed by atoms with Crippen molar-refractivity contribution in [1.29, 1.82) is 0 Å². The number of nitroso groups, excluding NO2 is 1. The van der Waals surface area contributed by atoms with Gasteiger partial charge in [0.25, 0.3) is 5.91 Å². The lowest BCUT2D eigenvalue weighted by Crippen LogP contribution is -2.29. The van der Waals surface area contributed by atoms with E-state index in [1.54, 1.807) is 30.3 Å². The first-order valence-electron chi connectivity index (χ1n) is 6.13. The Balaban J connectivity index is 0. The van der Waals surface area contributed by atoms with Gasteiger partial charge in [-0.1, -0.05) is 0 Å². The third-order valence-corrected chi connectivity index (χ3v) is 2.69. The van der Waals surface area contributed by atoms with Crippen LogP contribution in [0.5, 0.6) is 0 Å². The molecule has 1 aliphatic heterocycles. The molecule has 0 aromatic rings. The number of halogens is 2. The molecule has 0 aliphatic carbocycles. The van der Waals surface area contributed by atoms with Gasteiger partial charge in [0.05, 0.1) is 17.5 Å². The van der Waals surface area contributed by atoms with Crippen molar-refractivity contribution >= 4 is 53.9 Å². The zero-order chi connectivity index (χ0) is 14.3. The topological polar surface area (TPSA) is 65.0 Å². The lowest BCUT2D eigenvalue weighted by atomic mass is 10.1. The molecule has 0 aromatic heterocycles. The molecule has 0 bridgehead atoms. The van der Waals surface area contributed by atoms with Crippen LogP contribution in [0.25, 0.3) is 0 Å². The predicted molar refractivity (Wildman–Crippen MR) is 106 cm³/mol. The van der Waals surface area contributed by atoms with Gasteiger partial charge in [-0.2, -0.15) is 0 Å². The van der Waals surface area contributed by atoms with Crippen LogP contribution in [-0.4, -0.2) is 49.9 Å². The van der Waals surface area contributed by atoms with Crippen LogP contribution in [0.1, 0.15) is 6.42 Å². The van der Waals surface area contributed by atoms with Gasteiger partial charge in [-0.3, -0.25) is 4.79 Å². The van der Waals surface area contributed by atoms with Crippen molar-refractivity contribution in [3.05, 3.63) is 40.7 Å². The maximum Gasteiger partial charge on any atom is 0.252 e. The molecule has 0 aromatic carbocycles. The summed E-state index contributed by atoms with van der Waals surface area (Å²) >= 11 is 0. The van der Waals surface area contributed by atoms with E-state index in [4.69, 9.17) is 0 Å². The second kappa shape index (κ2) is 12.1. The summed E-state index contributed by atoms with van der Waals surface area (Å²) in [6.45, 7) is 1.58. The Morgan fingerprint density at radius 2 is 2.05 bits per heavy atom. The molecular formula is C13H22I2N4O2. The minimum atomic E-state index is -0.111. The summed E-state index contributed by atoms with van der Waals surface area (Å²) in [5, 5.41) is 5.58. The van der Waals surface area contributed by atoms with Gasteiger partial charge >= 0.3 is 0 Å². The van der Waals surface area contributed by atoms with Crippen LogP contribution in [-0.2, 0) is 4.79 Å². The highest BCUT2D eigenvalue weighted by Gasteiger charge is 2.12. The van der Waals surface area contributed by atoms with Crippen molar-refractivity contribution in [2.45, 2.75) is 6.42 Å². The quantitative estimate of drug-likeness (QED) is 0.332. The smallest absolute Gasteiger partial charge is 0.252 e. The number of likely N-dealkylation sites (N-methyl/N-ethyl adjacent to an activating group) is 1. The summed E-state index contributed by atoms with van der Waals surface area (Å²) < 4.78 is 0. The molecule has 120 valence electrons. The lowest BCUT2D eigenvalue weighted by Gasteiger charge is -2.20. The fraction of sp³-hybridized carbons (Fsp3) is 0.462. The molecule has 8 heteroatoms. The third-order valence-electron chi connectivity index (χ3n) is 2.69. The second-order valence-corrected chi connectivity index (χ2v) is 4.60.